The third-order valence-electron chi connectivity index (χ3n) is 5.02. The van der Waals surface area contributed by atoms with Crippen molar-refractivity contribution in [2.45, 2.75) is 50.4 Å². The number of aliphatic hydroxyl groups is 3. The van der Waals surface area contributed by atoms with Gasteiger partial charge in [-0.05, 0) is 43.4 Å². The number of benzene rings is 1. The van der Waals surface area contributed by atoms with E-state index in [1.807, 2.05) is 12.2 Å². The lowest BCUT2D eigenvalue weighted by atomic mass is 9.89. The Hall–Kier alpha value is -1.86. The van der Waals surface area contributed by atoms with Gasteiger partial charge in [0.1, 0.15) is 18.5 Å². The maximum atomic E-state index is 10.5. The molecular weight excluding hydrogens is 396 g/mol. The number of aliphatic hydroxyl groups excluding tert-OH is 3. The number of carboxylic acids is 1. The number of ether oxygens (including phenoxy) is 1. The van der Waals surface area contributed by atoms with Crippen molar-refractivity contribution in [2.24, 2.45) is 11.8 Å². The van der Waals surface area contributed by atoms with Gasteiger partial charge in [-0.15, -0.1) is 0 Å². The molecule has 1 aromatic carbocycles. The lowest BCUT2D eigenvalue weighted by Gasteiger charge is -2.19. The Morgan fingerprint density at radius 1 is 1.28 bits per heavy atom. The Morgan fingerprint density at radius 2 is 2.07 bits per heavy atom. The van der Waals surface area contributed by atoms with Crippen LogP contribution in [0.4, 0.5) is 0 Å². The summed E-state index contributed by atoms with van der Waals surface area (Å²) in [5.74, 6) is -0.671. The lowest BCUT2D eigenvalue weighted by Crippen LogP contribution is -2.21. The van der Waals surface area contributed by atoms with Crippen molar-refractivity contribution in [1.82, 2.24) is 0 Å². The Kier molecular flexibility index (Phi) is 9.67. The number of allylic oxidation sites excluding steroid dienone is 2. The number of hydrogen-bond acceptors (Lipinski definition) is 5. The largest absolute Gasteiger partial charge is 0.491 e. The van der Waals surface area contributed by atoms with Gasteiger partial charge in [-0.2, -0.15) is 0 Å². The van der Waals surface area contributed by atoms with Gasteiger partial charge in [-0.25, -0.2) is 0 Å². The summed E-state index contributed by atoms with van der Waals surface area (Å²) in [6.07, 6.45) is 7.26. The van der Waals surface area contributed by atoms with E-state index in [2.05, 4.69) is 0 Å². The summed E-state index contributed by atoms with van der Waals surface area (Å²) in [5.41, 5.74) is 0. The molecule has 0 heterocycles. The predicted octanol–water partition coefficient (Wildman–Crippen LogP) is 3.20. The second kappa shape index (κ2) is 12.0. The van der Waals surface area contributed by atoms with Gasteiger partial charge in [0.05, 0.1) is 12.2 Å². The van der Waals surface area contributed by atoms with E-state index < -0.39 is 24.3 Å². The molecular formula is C22H29ClO6. The van der Waals surface area contributed by atoms with E-state index in [1.54, 1.807) is 36.4 Å². The van der Waals surface area contributed by atoms with Crippen molar-refractivity contribution >= 4 is 17.6 Å². The van der Waals surface area contributed by atoms with E-state index in [0.717, 1.165) is 0 Å². The van der Waals surface area contributed by atoms with Crippen LogP contribution in [0.2, 0.25) is 5.02 Å². The van der Waals surface area contributed by atoms with Crippen LogP contribution in [0.3, 0.4) is 0 Å². The summed E-state index contributed by atoms with van der Waals surface area (Å²) in [6.45, 7) is 0.0519. The van der Waals surface area contributed by atoms with E-state index in [0.29, 0.717) is 36.5 Å². The van der Waals surface area contributed by atoms with Crippen molar-refractivity contribution in [3.8, 4) is 5.75 Å². The Balaban J connectivity index is 1.83. The van der Waals surface area contributed by atoms with Crippen LogP contribution in [0.15, 0.2) is 48.6 Å². The predicted molar refractivity (Wildman–Crippen MR) is 111 cm³/mol. The van der Waals surface area contributed by atoms with Gasteiger partial charge in [0.2, 0.25) is 0 Å². The highest BCUT2D eigenvalue weighted by atomic mass is 35.5. The molecule has 29 heavy (non-hydrogen) atoms. The Morgan fingerprint density at radius 3 is 2.79 bits per heavy atom. The standard InChI is InChI=1S/C22H29ClO6/c23-15-6-5-7-17(12-15)29-14-16(24)10-11-19-18(20(25)13-21(19)26)8-3-1-2-4-9-22(27)28/h1,3,5-7,10-12,16,18-21,24-26H,2,4,8-9,13-14H2,(H,27,28)/b3-1+,11-10+/t16?,18-,19?,20+,21-/m1/s1. The molecule has 0 aliphatic heterocycles. The average molecular weight is 425 g/mol. The summed E-state index contributed by atoms with van der Waals surface area (Å²) in [6, 6.07) is 6.90. The SMILES string of the molecule is O=C(O)CCC/C=C/C[C@@H]1C(/C=C/C(O)COc2cccc(Cl)c2)[C@H](O)C[C@@H]1O. The first kappa shape index (κ1) is 23.4. The summed E-state index contributed by atoms with van der Waals surface area (Å²) in [7, 11) is 0. The first-order valence-electron chi connectivity index (χ1n) is 9.84. The molecule has 0 spiro atoms. The maximum absolute atomic E-state index is 10.5. The molecule has 0 saturated heterocycles. The monoisotopic (exact) mass is 424 g/mol. The Bertz CT molecular complexity index is 704. The van der Waals surface area contributed by atoms with Gasteiger partial charge in [-0.3, -0.25) is 4.79 Å². The Labute approximate surface area is 176 Å². The highest BCUT2D eigenvalue weighted by molar-refractivity contribution is 6.30. The molecule has 0 bridgehead atoms. The molecule has 4 N–H and O–H groups in total. The molecule has 1 aromatic rings. The molecule has 0 amide bonds. The second-order valence-electron chi connectivity index (χ2n) is 7.33. The third kappa shape index (κ3) is 8.19. The third-order valence-corrected chi connectivity index (χ3v) is 5.26. The topological polar surface area (TPSA) is 107 Å². The smallest absolute Gasteiger partial charge is 0.303 e. The number of carbonyl (C=O) groups is 1. The van der Waals surface area contributed by atoms with Crippen LogP contribution in [0.5, 0.6) is 5.75 Å². The van der Waals surface area contributed by atoms with Crippen LogP contribution in [0, 0.1) is 11.8 Å². The van der Waals surface area contributed by atoms with E-state index in [1.165, 1.54) is 0 Å². The first-order valence-corrected chi connectivity index (χ1v) is 10.2. The molecule has 1 aliphatic carbocycles. The molecule has 6 nitrogen and oxygen atoms in total. The minimum Gasteiger partial charge on any atom is -0.491 e. The van der Waals surface area contributed by atoms with E-state index >= 15 is 0 Å². The number of carboxylic acid groups (broad SMARTS) is 1. The van der Waals surface area contributed by atoms with Crippen LogP contribution in [-0.4, -0.2) is 51.3 Å². The van der Waals surface area contributed by atoms with Crippen molar-refractivity contribution in [3.05, 3.63) is 53.6 Å². The number of halogens is 1. The summed E-state index contributed by atoms with van der Waals surface area (Å²) >= 11 is 5.90. The quantitative estimate of drug-likeness (QED) is 0.321. The average Bonchev–Trinajstić information content (AvgIpc) is 2.93. The molecule has 1 saturated carbocycles. The number of unbranched alkanes of at least 4 members (excludes halogenated alkanes) is 1. The first-order chi connectivity index (χ1) is 13.9. The summed E-state index contributed by atoms with van der Waals surface area (Å²) in [4.78, 5) is 10.5. The fraction of sp³-hybridized carbons (Fsp3) is 0.500. The summed E-state index contributed by atoms with van der Waals surface area (Å²) in [5, 5.41) is 39.8. The van der Waals surface area contributed by atoms with Crippen molar-refractivity contribution in [1.29, 1.82) is 0 Å². The van der Waals surface area contributed by atoms with E-state index in [-0.39, 0.29) is 24.9 Å². The summed E-state index contributed by atoms with van der Waals surface area (Å²) < 4.78 is 5.51. The molecule has 2 unspecified atom stereocenters. The zero-order valence-electron chi connectivity index (χ0n) is 16.2. The van der Waals surface area contributed by atoms with Gasteiger partial charge in [0.25, 0.3) is 0 Å². The zero-order valence-corrected chi connectivity index (χ0v) is 17.0. The normalized spacial score (nSPS) is 25.7. The highest BCUT2D eigenvalue weighted by Gasteiger charge is 2.39. The van der Waals surface area contributed by atoms with E-state index in [9.17, 15) is 20.1 Å². The highest BCUT2D eigenvalue weighted by Crippen LogP contribution is 2.36. The maximum Gasteiger partial charge on any atom is 0.303 e. The van der Waals surface area contributed by atoms with Gasteiger partial charge in [0.15, 0.2) is 0 Å². The minimum atomic E-state index is -0.855. The van der Waals surface area contributed by atoms with Crippen LogP contribution in [0.25, 0.3) is 0 Å². The number of aliphatic carboxylic acids is 1. The van der Waals surface area contributed by atoms with Gasteiger partial charge < -0.3 is 25.2 Å². The molecule has 0 aromatic heterocycles. The van der Waals surface area contributed by atoms with Crippen LogP contribution in [-0.2, 0) is 4.79 Å². The fourth-order valence-electron chi connectivity index (χ4n) is 3.50. The molecule has 0 radical (unpaired) electrons. The lowest BCUT2D eigenvalue weighted by molar-refractivity contribution is -0.137. The second-order valence-corrected chi connectivity index (χ2v) is 7.76. The van der Waals surface area contributed by atoms with E-state index in [4.69, 9.17) is 21.4 Å². The molecule has 1 aliphatic rings. The molecule has 160 valence electrons. The van der Waals surface area contributed by atoms with Crippen molar-refractivity contribution in [3.63, 3.8) is 0 Å². The minimum absolute atomic E-state index is 0.0519. The van der Waals surface area contributed by atoms with Crippen molar-refractivity contribution < 1.29 is 30.0 Å². The fourth-order valence-corrected chi connectivity index (χ4v) is 3.68. The number of hydrogen-bond donors (Lipinski definition) is 4. The molecule has 2 rings (SSSR count). The van der Waals surface area contributed by atoms with Gasteiger partial charge >= 0.3 is 5.97 Å². The van der Waals surface area contributed by atoms with Gasteiger partial charge in [0, 0.05) is 23.8 Å². The van der Waals surface area contributed by atoms with Gasteiger partial charge in [-0.1, -0.05) is 42.0 Å². The number of rotatable bonds is 11. The van der Waals surface area contributed by atoms with Crippen LogP contribution >= 0.6 is 11.6 Å². The van der Waals surface area contributed by atoms with Crippen LogP contribution in [0.1, 0.15) is 32.1 Å². The molecule has 7 heteroatoms. The van der Waals surface area contributed by atoms with Crippen molar-refractivity contribution in [2.75, 3.05) is 6.61 Å². The van der Waals surface area contributed by atoms with Crippen LogP contribution < -0.4 is 4.74 Å². The zero-order chi connectivity index (χ0) is 21.2. The molecule has 5 atom stereocenters. The molecule has 1 fully saturated rings.